The third kappa shape index (κ3) is 3.98. The van der Waals surface area contributed by atoms with Crippen LogP contribution in [0.25, 0.3) is 0 Å². The molecule has 0 radical (unpaired) electrons. The predicted molar refractivity (Wildman–Crippen MR) is 67.7 cm³/mol. The molecule has 1 rings (SSSR count). The standard InChI is InChI=1S/C14H26O3/c1-3-9-12(13(15)17-4-2)14(16)10-7-5-6-8-11-14/h12,16H,3-11H2,1-2H3. The van der Waals surface area contributed by atoms with Crippen LogP contribution in [0.15, 0.2) is 0 Å². The molecule has 0 bridgehead atoms. The van der Waals surface area contributed by atoms with E-state index in [9.17, 15) is 9.90 Å². The van der Waals surface area contributed by atoms with Crippen LogP contribution in [-0.4, -0.2) is 23.3 Å². The average Bonchev–Trinajstić information content (AvgIpc) is 2.52. The van der Waals surface area contributed by atoms with Gasteiger partial charge in [0, 0.05) is 0 Å². The Balaban J connectivity index is 2.75. The molecule has 1 aliphatic carbocycles. The zero-order valence-corrected chi connectivity index (χ0v) is 11.2. The van der Waals surface area contributed by atoms with E-state index in [4.69, 9.17) is 4.74 Å². The van der Waals surface area contributed by atoms with Crippen molar-refractivity contribution in [3.63, 3.8) is 0 Å². The van der Waals surface area contributed by atoms with Gasteiger partial charge in [-0.05, 0) is 26.2 Å². The maximum Gasteiger partial charge on any atom is 0.311 e. The molecule has 3 heteroatoms. The Bertz CT molecular complexity index is 230. The molecule has 0 saturated heterocycles. The molecule has 1 fully saturated rings. The lowest BCUT2D eigenvalue weighted by atomic mass is 9.79. The highest BCUT2D eigenvalue weighted by Gasteiger charge is 2.41. The molecule has 0 spiro atoms. The molecule has 0 aromatic rings. The van der Waals surface area contributed by atoms with E-state index < -0.39 is 5.60 Å². The van der Waals surface area contributed by atoms with Gasteiger partial charge >= 0.3 is 5.97 Å². The molecule has 0 heterocycles. The Morgan fingerprint density at radius 1 is 1.24 bits per heavy atom. The Labute approximate surface area is 105 Å². The lowest BCUT2D eigenvalue weighted by Crippen LogP contribution is -2.42. The SMILES string of the molecule is CCCC(C(=O)OCC)C1(O)CCCCCC1. The molecule has 100 valence electrons. The first-order chi connectivity index (χ1) is 8.14. The van der Waals surface area contributed by atoms with Gasteiger partial charge in [0.25, 0.3) is 0 Å². The summed E-state index contributed by atoms with van der Waals surface area (Å²) in [7, 11) is 0. The number of hydrogen-bond donors (Lipinski definition) is 1. The van der Waals surface area contributed by atoms with Crippen molar-refractivity contribution in [3.05, 3.63) is 0 Å². The first-order valence-electron chi connectivity index (χ1n) is 7.03. The van der Waals surface area contributed by atoms with Crippen LogP contribution in [0.2, 0.25) is 0 Å². The lowest BCUT2D eigenvalue weighted by Gasteiger charge is -2.34. The van der Waals surface area contributed by atoms with Gasteiger partial charge in [0.2, 0.25) is 0 Å². The first-order valence-corrected chi connectivity index (χ1v) is 7.03. The molecule has 3 nitrogen and oxygen atoms in total. The summed E-state index contributed by atoms with van der Waals surface area (Å²) < 4.78 is 5.12. The van der Waals surface area contributed by atoms with Gasteiger partial charge in [-0.2, -0.15) is 0 Å². The first kappa shape index (κ1) is 14.5. The lowest BCUT2D eigenvalue weighted by molar-refractivity contribution is -0.160. The summed E-state index contributed by atoms with van der Waals surface area (Å²) in [6.07, 6.45) is 7.52. The van der Waals surface area contributed by atoms with Crippen LogP contribution in [0.1, 0.15) is 65.2 Å². The number of carbonyl (C=O) groups excluding carboxylic acids is 1. The van der Waals surface area contributed by atoms with E-state index in [0.717, 1.165) is 38.5 Å². The highest BCUT2D eigenvalue weighted by molar-refractivity contribution is 5.73. The van der Waals surface area contributed by atoms with Gasteiger partial charge in [-0.25, -0.2) is 0 Å². The molecule has 0 amide bonds. The third-order valence-electron chi connectivity index (χ3n) is 3.77. The van der Waals surface area contributed by atoms with Crippen molar-refractivity contribution in [2.75, 3.05) is 6.61 Å². The molecule has 1 N–H and O–H groups in total. The Morgan fingerprint density at radius 3 is 2.29 bits per heavy atom. The molecular formula is C14H26O3. The van der Waals surface area contributed by atoms with Crippen LogP contribution in [0.3, 0.4) is 0 Å². The van der Waals surface area contributed by atoms with E-state index in [1.807, 2.05) is 13.8 Å². The number of aliphatic hydroxyl groups is 1. The van der Waals surface area contributed by atoms with E-state index in [1.165, 1.54) is 12.8 Å². The minimum atomic E-state index is -0.821. The Morgan fingerprint density at radius 2 is 1.82 bits per heavy atom. The second-order valence-electron chi connectivity index (χ2n) is 5.11. The van der Waals surface area contributed by atoms with Gasteiger partial charge in [-0.3, -0.25) is 4.79 Å². The van der Waals surface area contributed by atoms with Crippen LogP contribution >= 0.6 is 0 Å². The van der Waals surface area contributed by atoms with Crippen LogP contribution in [0, 0.1) is 5.92 Å². The number of rotatable bonds is 5. The fourth-order valence-corrected chi connectivity index (χ4v) is 2.83. The van der Waals surface area contributed by atoms with Crippen molar-refractivity contribution in [2.24, 2.45) is 5.92 Å². The van der Waals surface area contributed by atoms with E-state index in [-0.39, 0.29) is 11.9 Å². The van der Waals surface area contributed by atoms with Gasteiger partial charge in [0.05, 0.1) is 18.1 Å². The van der Waals surface area contributed by atoms with Crippen LogP contribution < -0.4 is 0 Å². The van der Waals surface area contributed by atoms with Gasteiger partial charge in [-0.15, -0.1) is 0 Å². The molecule has 1 aliphatic rings. The number of carbonyl (C=O) groups is 1. The van der Waals surface area contributed by atoms with Crippen molar-refractivity contribution in [2.45, 2.75) is 70.8 Å². The zero-order chi connectivity index (χ0) is 12.7. The third-order valence-corrected chi connectivity index (χ3v) is 3.77. The number of hydrogen-bond acceptors (Lipinski definition) is 3. The van der Waals surface area contributed by atoms with Gasteiger partial charge in [0.15, 0.2) is 0 Å². The molecule has 0 aromatic carbocycles. The van der Waals surface area contributed by atoms with Crippen LogP contribution in [-0.2, 0) is 9.53 Å². The largest absolute Gasteiger partial charge is 0.466 e. The summed E-state index contributed by atoms with van der Waals surface area (Å²) in [4.78, 5) is 12.0. The molecule has 1 atom stereocenters. The quantitative estimate of drug-likeness (QED) is 0.595. The zero-order valence-electron chi connectivity index (χ0n) is 11.2. The second-order valence-corrected chi connectivity index (χ2v) is 5.11. The fraction of sp³-hybridized carbons (Fsp3) is 0.929. The van der Waals surface area contributed by atoms with Crippen molar-refractivity contribution in [1.29, 1.82) is 0 Å². The highest BCUT2D eigenvalue weighted by atomic mass is 16.5. The van der Waals surface area contributed by atoms with Crippen molar-refractivity contribution in [3.8, 4) is 0 Å². The summed E-state index contributed by atoms with van der Waals surface area (Å²) in [5.74, 6) is -0.538. The summed E-state index contributed by atoms with van der Waals surface area (Å²) in [5, 5.41) is 10.7. The smallest absolute Gasteiger partial charge is 0.311 e. The number of ether oxygens (including phenoxy) is 1. The average molecular weight is 242 g/mol. The molecular weight excluding hydrogens is 216 g/mol. The van der Waals surface area contributed by atoms with Crippen molar-refractivity contribution < 1.29 is 14.6 Å². The maximum absolute atomic E-state index is 12.0. The summed E-state index contributed by atoms with van der Waals surface area (Å²) in [6, 6.07) is 0. The van der Waals surface area contributed by atoms with E-state index in [0.29, 0.717) is 6.61 Å². The molecule has 17 heavy (non-hydrogen) atoms. The van der Waals surface area contributed by atoms with Gasteiger partial charge in [0.1, 0.15) is 0 Å². The topological polar surface area (TPSA) is 46.5 Å². The minimum Gasteiger partial charge on any atom is -0.466 e. The van der Waals surface area contributed by atoms with Gasteiger partial charge < -0.3 is 9.84 Å². The predicted octanol–water partition coefficient (Wildman–Crippen LogP) is 3.05. The fourth-order valence-electron chi connectivity index (χ4n) is 2.83. The van der Waals surface area contributed by atoms with Crippen molar-refractivity contribution >= 4 is 5.97 Å². The van der Waals surface area contributed by atoms with E-state index in [2.05, 4.69) is 0 Å². The van der Waals surface area contributed by atoms with Gasteiger partial charge in [-0.1, -0.05) is 39.0 Å². The minimum absolute atomic E-state index is 0.209. The number of esters is 1. The molecule has 1 unspecified atom stereocenters. The molecule has 0 aliphatic heterocycles. The molecule has 1 saturated carbocycles. The second kappa shape index (κ2) is 7.00. The maximum atomic E-state index is 12.0. The summed E-state index contributed by atoms with van der Waals surface area (Å²) in [6.45, 7) is 4.26. The van der Waals surface area contributed by atoms with Crippen molar-refractivity contribution in [1.82, 2.24) is 0 Å². The summed E-state index contributed by atoms with van der Waals surface area (Å²) >= 11 is 0. The monoisotopic (exact) mass is 242 g/mol. The van der Waals surface area contributed by atoms with Crippen LogP contribution in [0.5, 0.6) is 0 Å². The van der Waals surface area contributed by atoms with E-state index in [1.54, 1.807) is 0 Å². The Hall–Kier alpha value is -0.570. The van der Waals surface area contributed by atoms with E-state index >= 15 is 0 Å². The molecule has 0 aromatic heterocycles. The van der Waals surface area contributed by atoms with Crippen LogP contribution in [0.4, 0.5) is 0 Å². The highest BCUT2D eigenvalue weighted by Crippen LogP contribution is 2.36. The normalized spacial score (nSPS) is 21.6. The summed E-state index contributed by atoms with van der Waals surface area (Å²) in [5.41, 5.74) is -0.821. The Kier molecular flexibility index (Phi) is 5.96.